The molecule has 17 nitrogen and oxygen atoms in total. The van der Waals surface area contributed by atoms with Crippen molar-refractivity contribution in [3.05, 3.63) is 74.8 Å². The van der Waals surface area contributed by atoms with E-state index < -0.39 is 129 Å². The van der Waals surface area contributed by atoms with Gasteiger partial charge < -0.3 is 55.6 Å². The smallest absolute Gasteiger partial charge is 0.534 e. The molecule has 6 amide bonds. The number of fused-ring (bicyclic) bond motifs is 1. The molecule has 0 radical (unpaired) electrons. The minimum absolute atomic E-state index is 0.0324. The summed E-state index contributed by atoms with van der Waals surface area (Å²) in [5.41, 5.74) is -2.19. The minimum atomic E-state index is -2.03. The number of halogens is 5. The van der Waals surface area contributed by atoms with E-state index in [2.05, 4.69) is 10.6 Å². The summed E-state index contributed by atoms with van der Waals surface area (Å²) in [4.78, 5) is 68.6. The molecule has 8 N–H and O–H groups in total. The summed E-state index contributed by atoms with van der Waals surface area (Å²) in [5, 5.41) is 63.2. The summed E-state index contributed by atoms with van der Waals surface area (Å²) in [6.45, 7) is -0.380. The second kappa shape index (κ2) is 15.2. The van der Waals surface area contributed by atoms with Gasteiger partial charge in [0, 0.05) is 37.8 Å². The molecule has 56 heavy (non-hydrogen) atoms. The van der Waals surface area contributed by atoms with Gasteiger partial charge in [-0.15, -0.1) is 0 Å². The van der Waals surface area contributed by atoms with Crippen LogP contribution in [0.15, 0.2) is 24.3 Å². The number of carbonyl (C=O) groups excluding carboxylic acids is 4. The number of carbonyl (C=O) groups is 5. The number of phenols is 4. The Morgan fingerprint density at radius 2 is 1.59 bits per heavy atom. The first kappa shape index (κ1) is 39.5. The Hall–Kier alpha value is -6.16. The Bertz CT molecular complexity index is 2180. The zero-order valence-corrected chi connectivity index (χ0v) is 29.2. The fourth-order valence-electron chi connectivity index (χ4n) is 6.74. The third-order valence-electron chi connectivity index (χ3n) is 9.66. The first-order valence-electron chi connectivity index (χ1n) is 16.6. The molecular formula is C33H29BClF4N5O12. The molecule has 0 aliphatic carbocycles. The highest BCUT2D eigenvalue weighted by Crippen LogP contribution is 2.41. The van der Waals surface area contributed by atoms with Crippen molar-refractivity contribution in [2.24, 2.45) is 0 Å². The summed E-state index contributed by atoms with van der Waals surface area (Å²) in [7, 11) is -1.98. The first-order chi connectivity index (χ1) is 26.4. The van der Waals surface area contributed by atoms with Crippen molar-refractivity contribution in [1.82, 2.24) is 25.3 Å². The molecule has 0 bridgehead atoms. The summed E-state index contributed by atoms with van der Waals surface area (Å²) in [5.74, 6) is -16.7. The highest BCUT2D eigenvalue weighted by Gasteiger charge is 2.43. The number of nitrogens with one attached hydrogen (secondary N) is 2. The number of piperidine rings is 1. The second-order valence-corrected chi connectivity index (χ2v) is 13.3. The topological polar surface area (TPSA) is 250 Å². The van der Waals surface area contributed by atoms with Gasteiger partial charge in [-0.2, -0.15) is 4.39 Å². The predicted octanol–water partition coefficient (Wildman–Crippen LogP) is 2.35. The van der Waals surface area contributed by atoms with E-state index in [0.29, 0.717) is 17.0 Å². The molecule has 3 heterocycles. The Morgan fingerprint density at radius 1 is 0.911 bits per heavy atom. The van der Waals surface area contributed by atoms with Gasteiger partial charge >= 0.3 is 25.1 Å². The lowest BCUT2D eigenvalue weighted by atomic mass is 9.72. The van der Waals surface area contributed by atoms with Crippen LogP contribution in [-0.4, -0.2) is 120 Å². The van der Waals surface area contributed by atoms with Gasteiger partial charge in [0.05, 0.1) is 16.5 Å². The maximum Gasteiger partial charge on any atom is 0.547 e. The van der Waals surface area contributed by atoms with Crippen LogP contribution in [-0.2, 0) is 11.2 Å². The number of aromatic hydroxyl groups is 4. The van der Waals surface area contributed by atoms with E-state index in [4.69, 9.17) is 16.3 Å². The van der Waals surface area contributed by atoms with E-state index in [-0.39, 0.29) is 51.0 Å². The van der Waals surface area contributed by atoms with Crippen LogP contribution in [0.25, 0.3) is 0 Å². The summed E-state index contributed by atoms with van der Waals surface area (Å²) < 4.78 is 62.2. The summed E-state index contributed by atoms with van der Waals surface area (Å²) in [6, 6.07) is -1.61. The van der Waals surface area contributed by atoms with E-state index in [0.717, 1.165) is 17.0 Å². The van der Waals surface area contributed by atoms with Gasteiger partial charge in [-0.25, -0.2) is 32.5 Å². The molecular weight excluding hydrogens is 781 g/mol. The number of rotatable bonds is 7. The quantitative estimate of drug-likeness (QED) is 0.0974. The number of imide groups is 1. The second-order valence-electron chi connectivity index (χ2n) is 13.0. The van der Waals surface area contributed by atoms with Crippen molar-refractivity contribution in [2.75, 3.05) is 26.2 Å². The highest BCUT2D eigenvalue weighted by atomic mass is 35.5. The maximum absolute atomic E-state index is 14.7. The van der Waals surface area contributed by atoms with Crippen LogP contribution in [0.5, 0.6) is 28.7 Å². The zero-order chi connectivity index (χ0) is 40.9. The van der Waals surface area contributed by atoms with Crippen molar-refractivity contribution in [3.63, 3.8) is 0 Å². The van der Waals surface area contributed by atoms with Gasteiger partial charge in [0.25, 0.3) is 5.91 Å². The van der Waals surface area contributed by atoms with Gasteiger partial charge in [0.1, 0.15) is 23.2 Å². The molecule has 0 saturated carbocycles. The first-order valence-corrected chi connectivity index (χ1v) is 17.0. The van der Waals surface area contributed by atoms with Crippen LogP contribution in [0, 0.1) is 23.3 Å². The number of benzene rings is 3. The molecule has 0 aromatic heterocycles. The maximum atomic E-state index is 14.7. The van der Waals surface area contributed by atoms with Crippen molar-refractivity contribution < 1.29 is 76.7 Å². The highest BCUT2D eigenvalue weighted by molar-refractivity contribution is 6.47. The van der Waals surface area contributed by atoms with Gasteiger partial charge in [-0.05, 0) is 43.0 Å². The number of hydrogen-bond acceptors (Lipinski definition) is 11. The number of urea groups is 2. The predicted molar refractivity (Wildman–Crippen MR) is 181 cm³/mol. The normalized spacial score (nSPS) is 17.7. The number of phenolic OH excluding ortho intramolecular Hbond substituents is 4. The average Bonchev–Trinajstić information content (AvgIpc) is 3.56. The minimum Gasteiger partial charge on any atom is -0.534 e. The van der Waals surface area contributed by atoms with Gasteiger partial charge in [0.2, 0.25) is 11.7 Å². The Labute approximate surface area is 317 Å². The third-order valence-corrected chi connectivity index (χ3v) is 10.1. The fraction of sp³-hybridized carbons (Fsp3) is 0.303. The SMILES string of the molecule is O=C(O)c1c(F)ccc2c1OB(O)C(NC(=O)C(NC(=O)N1CCN(C3CCN(C(=O)c4cc(O)c(F)c(O)c4F)CC3)C1=O)c1cc(F)c(O)c(O)c1Cl)C2. The number of amides is 6. The van der Waals surface area contributed by atoms with Crippen LogP contribution in [0.3, 0.4) is 0 Å². The summed E-state index contributed by atoms with van der Waals surface area (Å²) in [6.07, 6.45) is -0.0912. The number of likely N-dealkylation sites (tertiary alicyclic amines) is 1. The Morgan fingerprint density at radius 3 is 2.25 bits per heavy atom. The van der Waals surface area contributed by atoms with E-state index in [1.165, 1.54) is 4.90 Å². The fourth-order valence-corrected chi connectivity index (χ4v) is 6.99. The lowest BCUT2D eigenvalue weighted by Crippen LogP contribution is -2.56. The molecule has 296 valence electrons. The standard InChI is InChI=1S/C33H29BClF4N5O12/c35-21-14(10-17(37)25(46)26(21)47)24(29(49)40-19-9-12-1-2-16(36)20(31(51)52)28(12)56-34(19)55)41-32(53)44-8-7-43(33(44)54)13-3-5-42(6-4-13)30(50)15-11-18(45)23(39)27(48)22(15)38/h1-2,10-11,13,19,24,45-48,55H,3-9H2,(H,40,49)(H,41,53)(H,51,52). The van der Waals surface area contributed by atoms with Gasteiger partial charge in [0.15, 0.2) is 34.6 Å². The summed E-state index contributed by atoms with van der Waals surface area (Å²) >= 11 is 6.16. The number of carboxylic acids is 1. The van der Waals surface area contributed by atoms with Crippen LogP contribution in [0.4, 0.5) is 27.2 Å². The molecule has 23 heteroatoms. The molecule has 3 aliphatic rings. The number of nitrogens with zero attached hydrogens (tertiary/aromatic N) is 3. The molecule has 3 aromatic carbocycles. The van der Waals surface area contributed by atoms with Crippen LogP contribution < -0.4 is 15.3 Å². The van der Waals surface area contributed by atoms with Crippen molar-refractivity contribution in [2.45, 2.75) is 37.3 Å². The molecule has 0 spiro atoms. The monoisotopic (exact) mass is 809 g/mol. The van der Waals surface area contributed by atoms with E-state index in [9.17, 15) is 72.1 Å². The number of aromatic carboxylic acids is 1. The van der Waals surface area contributed by atoms with Crippen LogP contribution in [0.2, 0.25) is 5.02 Å². The molecule has 3 aliphatic heterocycles. The van der Waals surface area contributed by atoms with Crippen LogP contribution in [0.1, 0.15) is 50.7 Å². The molecule has 2 atom stereocenters. The van der Waals surface area contributed by atoms with E-state index >= 15 is 0 Å². The van der Waals surface area contributed by atoms with E-state index in [1.54, 1.807) is 0 Å². The molecule has 6 rings (SSSR count). The molecule has 2 unspecified atom stereocenters. The molecule has 2 saturated heterocycles. The zero-order valence-electron chi connectivity index (χ0n) is 28.4. The number of hydrogen-bond donors (Lipinski definition) is 8. The molecule has 3 aromatic rings. The molecule has 2 fully saturated rings. The third kappa shape index (κ3) is 7.07. The van der Waals surface area contributed by atoms with Gasteiger partial charge in [-0.1, -0.05) is 17.7 Å². The van der Waals surface area contributed by atoms with Gasteiger partial charge in [-0.3, -0.25) is 9.59 Å². The van der Waals surface area contributed by atoms with Crippen molar-refractivity contribution >= 4 is 48.6 Å². The van der Waals surface area contributed by atoms with Crippen molar-refractivity contribution in [1.29, 1.82) is 0 Å². The van der Waals surface area contributed by atoms with E-state index in [1.807, 2.05) is 0 Å². The lowest BCUT2D eigenvalue weighted by Gasteiger charge is -2.36. The van der Waals surface area contributed by atoms with Crippen LogP contribution >= 0.6 is 11.6 Å². The lowest BCUT2D eigenvalue weighted by molar-refractivity contribution is -0.123. The Balaban J connectivity index is 1.17. The average molecular weight is 810 g/mol. The van der Waals surface area contributed by atoms with Crippen molar-refractivity contribution in [3.8, 4) is 28.7 Å². The Kier molecular flexibility index (Phi) is 10.7. The number of carboxylic acid groups (broad SMARTS) is 1. The largest absolute Gasteiger partial charge is 0.547 e.